The lowest BCUT2D eigenvalue weighted by atomic mass is 10.0. The summed E-state index contributed by atoms with van der Waals surface area (Å²) in [7, 11) is 0. The molecule has 0 aliphatic heterocycles. The van der Waals surface area contributed by atoms with Crippen molar-refractivity contribution in [1.82, 2.24) is 4.98 Å². The summed E-state index contributed by atoms with van der Waals surface area (Å²) < 4.78 is 0. The summed E-state index contributed by atoms with van der Waals surface area (Å²) in [5.74, 6) is -1.45. The first-order chi connectivity index (χ1) is 7.52. The number of hydrogen-bond donors (Lipinski definition) is 1. The molecule has 16 heavy (non-hydrogen) atoms. The Hall–Kier alpha value is -2.10. The van der Waals surface area contributed by atoms with Gasteiger partial charge in [-0.3, -0.25) is 4.79 Å². The number of fused-ring (bicyclic) bond motifs is 1. The van der Waals surface area contributed by atoms with Crippen molar-refractivity contribution >= 4 is 16.9 Å². The molecule has 82 valence electrons. The van der Waals surface area contributed by atoms with Crippen molar-refractivity contribution in [3.8, 4) is 0 Å². The number of aryl methyl sites for hydroxylation is 2. The zero-order chi connectivity index (χ0) is 11.9. The number of rotatable bonds is 1. The number of hydrogen-bond acceptors (Lipinski definition) is 3. The van der Waals surface area contributed by atoms with Gasteiger partial charge in [-0.1, -0.05) is 12.1 Å². The van der Waals surface area contributed by atoms with Gasteiger partial charge in [0.1, 0.15) is 0 Å². The van der Waals surface area contributed by atoms with Gasteiger partial charge in [0.15, 0.2) is 5.43 Å². The predicted octanol–water partition coefficient (Wildman–Crippen LogP) is 0.508. The van der Waals surface area contributed by atoms with E-state index in [0.29, 0.717) is 10.9 Å². The Morgan fingerprint density at radius 2 is 1.88 bits per heavy atom. The third-order valence-corrected chi connectivity index (χ3v) is 2.67. The number of pyridine rings is 1. The first kappa shape index (κ1) is 10.4. The van der Waals surface area contributed by atoms with Gasteiger partial charge < -0.3 is 14.9 Å². The first-order valence-electron chi connectivity index (χ1n) is 4.85. The van der Waals surface area contributed by atoms with Crippen molar-refractivity contribution in [2.75, 3.05) is 0 Å². The van der Waals surface area contributed by atoms with Crippen LogP contribution in [0, 0.1) is 13.8 Å². The molecule has 0 amide bonds. The molecule has 1 aromatic heterocycles. The lowest BCUT2D eigenvalue weighted by molar-refractivity contribution is -0.255. The third kappa shape index (κ3) is 1.39. The van der Waals surface area contributed by atoms with E-state index in [1.165, 1.54) is 6.20 Å². The number of H-pyrrole nitrogens is 1. The molecule has 1 heterocycles. The molecule has 0 spiro atoms. The van der Waals surface area contributed by atoms with Crippen LogP contribution < -0.4 is 10.5 Å². The second kappa shape index (κ2) is 3.48. The summed E-state index contributed by atoms with van der Waals surface area (Å²) >= 11 is 0. The van der Waals surface area contributed by atoms with Crippen LogP contribution in [0.3, 0.4) is 0 Å². The van der Waals surface area contributed by atoms with E-state index < -0.39 is 11.4 Å². The quantitative estimate of drug-likeness (QED) is 0.754. The van der Waals surface area contributed by atoms with Gasteiger partial charge in [0.25, 0.3) is 0 Å². The number of benzene rings is 1. The molecule has 0 fully saturated rings. The largest absolute Gasteiger partial charge is 0.545 e. The highest BCUT2D eigenvalue weighted by atomic mass is 16.4. The Morgan fingerprint density at radius 3 is 2.50 bits per heavy atom. The molecule has 0 saturated carbocycles. The maximum Gasteiger partial charge on any atom is 0.198 e. The highest BCUT2D eigenvalue weighted by Crippen LogP contribution is 2.16. The SMILES string of the molecule is Cc1ccc(C)c2c(=O)c(C(=O)[O-])c[nH]c12. The lowest BCUT2D eigenvalue weighted by Gasteiger charge is -2.08. The zero-order valence-corrected chi connectivity index (χ0v) is 8.96. The molecule has 4 heteroatoms. The van der Waals surface area contributed by atoms with Crippen molar-refractivity contribution in [3.05, 3.63) is 45.2 Å². The second-order valence-corrected chi connectivity index (χ2v) is 3.77. The van der Waals surface area contributed by atoms with Gasteiger partial charge in [-0.25, -0.2) is 0 Å². The van der Waals surface area contributed by atoms with Crippen LogP contribution in [0.2, 0.25) is 0 Å². The van der Waals surface area contributed by atoms with Gasteiger partial charge in [0.2, 0.25) is 0 Å². The minimum atomic E-state index is -1.45. The highest BCUT2D eigenvalue weighted by Gasteiger charge is 2.09. The minimum Gasteiger partial charge on any atom is -0.545 e. The Morgan fingerprint density at radius 1 is 1.25 bits per heavy atom. The summed E-state index contributed by atoms with van der Waals surface area (Å²) in [6, 6.07) is 3.68. The molecule has 0 aliphatic carbocycles. The van der Waals surface area contributed by atoms with Crippen LogP contribution in [0.25, 0.3) is 10.9 Å². The smallest absolute Gasteiger partial charge is 0.198 e. The van der Waals surface area contributed by atoms with E-state index in [1.54, 1.807) is 13.0 Å². The van der Waals surface area contributed by atoms with Crippen LogP contribution in [0.4, 0.5) is 0 Å². The molecule has 2 rings (SSSR count). The number of aromatic carboxylic acids is 1. The molecular formula is C12H10NO3-. The topological polar surface area (TPSA) is 73.0 Å². The van der Waals surface area contributed by atoms with E-state index in [9.17, 15) is 14.7 Å². The van der Waals surface area contributed by atoms with Crippen LogP contribution in [0.1, 0.15) is 21.5 Å². The normalized spacial score (nSPS) is 10.6. The Kier molecular flexibility index (Phi) is 2.27. The van der Waals surface area contributed by atoms with Crippen LogP contribution in [-0.2, 0) is 0 Å². The maximum absolute atomic E-state index is 11.9. The summed E-state index contributed by atoms with van der Waals surface area (Å²) in [5, 5.41) is 11.1. The monoisotopic (exact) mass is 216 g/mol. The number of carboxylic acids is 1. The number of aromatic nitrogens is 1. The van der Waals surface area contributed by atoms with Gasteiger partial charge >= 0.3 is 0 Å². The molecular weight excluding hydrogens is 206 g/mol. The number of carbonyl (C=O) groups excluding carboxylic acids is 1. The Balaban J connectivity index is 3.00. The fraction of sp³-hybridized carbons (Fsp3) is 0.167. The molecule has 1 N–H and O–H groups in total. The lowest BCUT2D eigenvalue weighted by Crippen LogP contribution is -2.29. The van der Waals surface area contributed by atoms with E-state index in [2.05, 4.69) is 4.98 Å². The Bertz CT molecular complexity index is 640. The maximum atomic E-state index is 11.9. The molecule has 2 aromatic rings. The first-order valence-corrected chi connectivity index (χ1v) is 4.85. The second-order valence-electron chi connectivity index (χ2n) is 3.77. The number of aromatic amines is 1. The van der Waals surface area contributed by atoms with Gasteiger partial charge in [-0.05, 0) is 25.0 Å². The summed E-state index contributed by atoms with van der Waals surface area (Å²) in [6.45, 7) is 3.63. The van der Waals surface area contributed by atoms with Crippen molar-refractivity contribution in [3.63, 3.8) is 0 Å². The van der Waals surface area contributed by atoms with E-state index >= 15 is 0 Å². The average molecular weight is 216 g/mol. The molecule has 0 aliphatic rings. The average Bonchev–Trinajstić information content (AvgIpc) is 2.23. The fourth-order valence-electron chi connectivity index (χ4n) is 1.79. The van der Waals surface area contributed by atoms with Gasteiger partial charge in [-0.2, -0.15) is 0 Å². The summed E-state index contributed by atoms with van der Waals surface area (Å²) in [4.78, 5) is 25.5. The van der Waals surface area contributed by atoms with Crippen molar-refractivity contribution < 1.29 is 9.90 Å². The molecule has 0 radical (unpaired) electrons. The zero-order valence-electron chi connectivity index (χ0n) is 8.96. The Labute approximate surface area is 91.5 Å². The van der Waals surface area contributed by atoms with Crippen LogP contribution in [0.15, 0.2) is 23.1 Å². The van der Waals surface area contributed by atoms with Crippen molar-refractivity contribution in [2.45, 2.75) is 13.8 Å². The summed E-state index contributed by atoms with van der Waals surface area (Å²) in [6.07, 6.45) is 1.19. The molecule has 0 atom stereocenters. The van der Waals surface area contributed by atoms with E-state index in [0.717, 1.165) is 11.1 Å². The molecule has 4 nitrogen and oxygen atoms in total. The van der Waals surface area contributed by atoms with Gasteiger partial charge in [0.05, 0.1) is 17.0 Å². The van der Waals surface area contributed by atoms with Crippen LogP contribution in [0.5, 0.6) is 0 Å². The number of nitrogens with one attached hydrogen (secondary N) is 1. The molecule has 0 saturated heterocycles. The standard InChI is InChI=1S/C12H11NO3/c1-6-3-4-7(2)10-9(6)11(14)8(5-13-10)12(15)16/h3-5H,1-2H3,(H,13,14)(H,15,16)/p-1. The van der Waals surface area contributed by atoms with Gasteiger partial charge in [-0.15, -0.1) is 0 Å². The summed E-state index contributed by atoms with van der Waals surface area (Å²) in [5.41, 5.74) is 1.51. The molecule has 0 unspecified atom stereocenters. The number of carbonyl (C=O) groups is 1. The van der Waals surface area contributed by atoms with Crippen LogP contribution >= 0.6 is 0 Å². The minimum absolute atomic E-state index is 0.332. The van der Waals surface area contributed by atoms with Gasteiger partial charge in [0, 0.05) is 11.6 Å². The molecule has 0 bridgehead atoms. The number of carboxylic acid groups (broad SMARTS) is 1. The fourth-order valence-corrected chi connectivity index (χ4v) is 1.79. The van der Waals surface area contributed by atoms with E-state index in [-0.39, 0.29) is 5.56 Å². The van der Waals surface area contributed by atoms with E-state index in [1.807, 2.05) is 13.0 Å². The van der Waals surface area contributed by atoms with E-state index in [4.69, 9.17) is 0 Å². The molecule has 1 aromatic carbocycles. The van der Waals surface area contributed by atoms with Crippen molar-refractivity contribution in [1.29, 1.82) is 0 Å². The van der Waals surface area contributed by atoms with Crippen molar-refractivity contribution in [2.24, 2.45) is 0 Å². The predicted molar refractivity (Wildman–Crippen MR) is 58.4 cm³/mol. The van der Waals surface area contributed by atoms with Crippen LogP contribution in [-0.4, -0.2) is 11.0 Å². The third-order valence-electron chi connectivity index (χ3n) is 2.67. The highest BCUT2D eigenvalue weighted by molar-refractivity contribution is 5.93.